The lowest BCUT2D eigenvalue weighted by Crippen LogP contribution is -2.47. The Labute approximate surface area is 157 Å². The van der Waals surface area contributed by atoms with Gasteiger partial charge in [0.1, 0.15) is 0 Å². The van der Waals surface area contributed by atoms with E-state index < -0.39 is 24.0 Å². The number of aliphatic carboxylic acids is 1. The molecule has 2 amide bonds. The van der Waals surface area contributed by atoms with Crippen LogP contribution in [0.1, 0.15) is 50.7 Å². The van der Waals surface area contributed by atoms with Gasteiger partial charge in [0.25, 0.3) is 0 Å². The lowest BCUT2D eigenvalue weighted by molar-refractivity contribution is -0.145. The Balaban J connectivity index is 2.59. The first kappa shape index (κ1) is 21.9. The molecule has 1 aromatic heterocycles. The number of urea groups is 1. The summed E-state index contributed by atoms with van der Waals surface area (Å²) in [5.74, 6) is -1.17. The molecule has 0 aliphatic rings. The zero-order chi connectivity index (χ0) is 19.9. The average Bonchev–Trinajstić information content (AvgIpc) is 3.00. The van der Waals surface area contributed by atoms with Crippen LogP contribution in [0.15, 0.2) is 5.38 Å². The standard InChI is InChI=1S/C17H27N3O5S/c1-10(2)8-25-14(21)6-13(16(22)23)19-17(24)20(5)7-12-9-26-15(18-12)11(3)4/h9-11,13H,6-8H2,1-5H3,(H,19,24)(H,22,23)/p+1/t13-/m0/s1. The fourth-order valence-corrected chi connectivity index (χ4v) is 2.75. The quantitative estimate of drug-likeness (QED) is 0.500. The number of carboxylic acid groups (broad SMARTS) is 1. The highest BCUT2D eigenvalue weighted by atomic mass is 32.1. The van der Waals surface area contributed by atoms with Crippen LogP contribution in [0.3, 0.4) is 0 Å². The van der Waals surface area contributed by atoms with Crippen molar-refractivity contribution in [2.45, 2.75) is 52.6 Å². The summed E-state index contributed by atoms with van der Waals surface area (Å²) in [6.45, 7) is 8.36. The van der Waals surface area contributed by atoms with Crippen molar-refractivity contribution >= 4 is 29.3 Å². The maximum Gasteiger partial charge on any atom is 0.504 e. The summed E-state index contributed by atoms with van der Waals surface area (Å²) < 4.78 is 5.00. The number of aromatic nitrogens is 1. The molecule has 1 atom stereocenters. The number of nitrogens with zero attached hydrogens (tertiary/aromatic N) is 2. The van der Waals surface area contributed by atoms with Crippen molar-refractivity contribution < 1.29 is 24.2 Å². The Hall–Kier alpha value is -2.16. The highest BCUT2D eigenvalue weighted by Gasteiger charge is 2.30. The fourth-order valence-electron chi connectivity index (χ4n) is 1.93. The van der Waals surface area contributed by atoms with Gasteiger partial charge < -0.3 is 24.9 Å². The fraction of sp³-hybridized carbons (Fsp3) is 0.647. The lowest BCUT2D eigenvalue weighted by atomic mass is 10.2. The summed E-state index contributed by atoms with van der Waals surface area (Å²) in [5, 5.41) is 14.6. The largest absolute Gasteiger partial charge is 0.504 e. The van der Waals surface area contributed by atoms with E-state index in [0.29, 0.717) is 5.92 Å². The maximum absolute atomic E-state index is 12.3. The summed E-state index contributed by atoms with van der Waals surface area (Å²) >= 11 is 1.53. The minimum absolute atomic E-state index is 0.165. The molecule has 0 bridgehead atoms. The first-order valence-electron chi connectivity index (χ1n) is 8.46. The monoisotopic (exact) mass is 386 g/mol. The number of carboxylic acids is 1. The van der Waals surface area contributed by atoms with E-state index in [1.54, 1.807) is 7.05 Å². The molecule has 0 spiro atoms. The highest BCUT2D eigenvalue weighted by Crippen LogP contribution is 2.19. The number of esters is 1. The van der Waals surface area contributed by atoms with Crippen LogP contribution in [0.5, 0.6) is 0 Å². The zero-order valence-electron chi connectivity index (χ0n) is 15.9. The van der Waals surface area contributed by atoms with E-state index in [1.807, 2.05) is 33.1 Å². The number of hydrogen-bond donors (Lipinski definition) is 2. The third-order valence-corrected chi connectivity index (χ3v) is 4.56. The summed E-state index contributed by atoms with van der Waals surface area (Å²) in [5.41, 5.74) is 0.751. The number of rotatable bonds is 9. The van der Waals surface area contributed by atoms with Gasteiger partial charge in [0.05, 0.1) is 30.3 Å². The molecule has 0 unspecified atom stereocenters. The average molecular weight is 386 g/mol. The number of carbonyl (C=O) groups is 2. The molecule has 0 aliphatic carbocycles. The Bertz CT molecular complexity index is 630. The number of amides is 2. The maximum atomic E-state index is 12.3. The number of thiazole rings is 1. The predicted octanol–water partition coefficient (Wildman–Crippen LogP) is 2.43. The number of aliphatic hydroxyl groups excluding tert-OH is 1. The molecule has 146 valence electrons. The topological polar surface area (TPSA) is 113 Å². The molecule has 3 N–H and O–H groups in total. The van der Waals surface area contributed by atoms with Crippen molar-refractivity contribution in [3.63, 3.8) is 0 Å². The number of ether oxygens (including phenoxy) is 1. The van der Waals surface area contributed by atoms with Gasteiger partial charge in [-0.1, -0.05) is 27.7 Å². The third kappa shape index (κ3) is 7.38. The summed E-state index contributed by atoms with van der Waals surface area (Å²) in [4.78, 5) is 39.1. The second kappa shape index (κ2) is 10.1. The molecule has 26 heavy (non-hydrogen) atoms. The van der Waals surface area contributed by atoms with Crippen LogP contribution >= 0.6 is 11.3 Å². The molecule has 0 saturated carbocycles. The normalized spacial score (nSPS) is 12.1. The molecular weight excluding hydrogens is 358 g/mol. The molecule has 1 aromatic rings. The second-order valence-electron chi connectivity index (χ2n) is 6.83. The van der Waals surface area contributed by atoms with Gasteiger partial charge in [-0.25, -0.2) is 9.78 Å². The first-order valence-corrected chi connectivity index (χ1v) is 9.34. The molecule has 0 aliphatic heterocycles. The van der Waals surface area contributed by atoms with E-state index in [4.69, 9.17) is 4.74 Å². The summed E-state index contributed by atoms with van der Waals surface area (Å²) in [6.07, 6.45) is -0.358. The van der Waals surface area contributed by atoms with Crippen molar-refractivity contribution in [3.05, 3.63) is 16.1 Å². The molecule has 0 fully saturated rings. The molecule has 8 nitrogen and oxygen atoms in total. The molecule has 1 rings (SSSR count). The minimum atomic E-state index is -1.23. The van der Waals surface area contributed by atoms with Gasteiger partial charge in [-0.15, -0.1) is 11.3 Å². The molecule has 9 heteroatoms. The van der Waals surface area contributed by atoms with Crippen LogP contribution in [0.25, 0.3) is 0 Å². The van der Waals surface area contributed by atoms with E-state index in [9.17, 15) is 19.5 Å². The smallest absolute Gasteiger partial charge is 0.465 e. The van der Waals surface area contributed by atoms with Gasteiger partial charge in [0.2, 0.25) is 0 Å². The minimum Gasteiger partial charge on any atom is -0.465 e. The SMILES string of the molecule is CC(C)COC(=O)C[C@H](NC(=O)N(C)Cc1csc(C(C)C)n1)C(O)=[OH+]. The van der Waals surface area contributed by atoms with Crippen LogP contribution in [-0.4, -0.2) is 57.5 Å². The number of carbonyl (C=O) groups excluding carboxylic acids is 2. The van der Waals surface area contributed by atoms with Crippen molar-refractivity contribution in [3.8, 4) is 0 Å². The van der Waals surface area contributed by atoms with Crippen molar-refractivity contribution in [1.82, 2.24) is 15.2 Å². The molecular formula is C17H28N3O5S+. The second-order valence-corrected chi connectivity index (χ2v) is 7.72. The first-order chi connectivity index (χ1) is 12.1. The van der Waals surface area contributed by atoms with E-state index in [0.717, 1.165) is 10.7 Å². The Morgan fingerprint density at radius 2 is 2.04 bits per heavy atom. The lowest BCUT2D eigenvalue weighted by Gasteiger charge is -2.19. The van der Waals surface area contributed by atoms with Crippen LogP contribution in [0.2, 0.25) is 0 Å². The summed E-state index contributed by atoms with van der Waals surface area (Å²) in [6, 6.07) is -1.78. The molecule has 1 heterocycles. The van der Waals surface area contributed by atoms with Crippen molar-refractivity contribution in [2.24, 2.45) is 5.92 Å². The molecule has 0 aromatic carbocycles. The van der Waals surface area contributed by atoms with Gasteiger partial charge in [0, 0.05) is 18.3 Å². The Kier molecular flexibility index (Phi) is 8.50. The van der Waals surface area contributed by atoms with E-state index >= 15 is 0 Å². The van der Waals surface area contributed by atoms with E-state index in [-0.39, 0.29) is 25.5 Å². The van der Waals surface area contributed by atoms with Crippen molar-refractivity contribution in [1.29, 1.82) is 0 Å². The predicted molar refractivity (Wildman–Crippen MR) is 100.0 cm³/mol. The summed E-state index contributed by atoms with van der Waals surface area (Å²) in [7, 11) is 1.56. The van der Waals surface area contributed by atoms with E-state index in [2.05, 4.69) is 10.3 Å². The van der Waals surface area contributed by atoms with Gasteiger partial charge >= 0.3 is 18.0 Å². The molecule has 0 radical (unpaired) electrons. The van der Waals surface area contributed by atoms with Gasteiger partial charge in [-0.3, -0.25) is 4.79 Å². The van der Waals surface area contributed by atoms with Gasteiger partial charge in [-0.2, -0.15) is 0 Å². The van der Waals surface area contributed by atoms with Crippen LogP contribution < -0.4 is 5.32 Å². The highest BCUT2D eigenvalue weighted by molar-refractivity contribution is 7.09. The third-order valence-electron chi connectivity index (χ3n) is 3.37. The number of hydrogen-bond acceptors (Lipinski definition) is 5. The Morgan fingerprint density at radius 1 is 1.38 bits per heavy atom. The van der Waals surface area contributed by atoms with E-state index in [1.165, 1.54) is 16.2 Å². The van der Waals surface area contributed by atoms with Gasteiger partial charge in [-0.05, 0) is 5.92 Å². The Morgan fingerprint density at radius 3 is 2.54 bits per heavy atom. The van der Waals surface area contributed by atoms with Gasteiger partial charge in [0.15, 0.2) is 6.04 Å². The van der Waals surface area contributed by atoms with Crippen LogP contribution in [0.4, 0.5) is 4.79 Å². The zero-order valence-corrected chi connectivity index (χ0v) is 16.7. The van der Waals surface area contributed by atoms with Crippen molar-refractivity contribution in [2.75, 3.05) is 13.7 Å². The molecule has 0 saturated heterocycles. The van der Waals surface area contributed by atoms with Crippen LogP contribution in [-0.2, 0) is 16.1 Å². The van der Waals surface area contributed by atoms with Crippen LogP contribution in [0, 0.1) is 5.92 Å². The number of nitrogens with one attached hydrogen (secondary N) is 1.